The predicted octanol–water partition coefficient (Wildman–Crippen LogP) is 6.26. The largest absolute Gasteiger partial charge is 0.489 e. The van der Waals surface area contributed by atoms with E-state index in [1.54, 1.807) is 0 Å². The number of benzene rings is 3. The molecule has 0 amide bonds. The normalized spacial score (nSPS) is 24.3. The van der Waals surface area contributed by atoms with Gasteiger partial charge >= 0.3 is 0 Å². The second kappa shape index (κ2) is 12.3. The molecule has 1 saturated heterocycles. The molecule has 2 aliphatic rings. The molecule has 4 heteroatoms. The fraction of sp³-hybridized carbons (Fsp3) is 0.419. The van der Waals surface area contributed by atoms with Crippen molar-refractivity contribution >= 4 is 0 Å². The van der Waals surface area contributed by atoms with Gasteiger partial charge in [-0.15, -0.1) is 0 Å². The fourth-order valence-corrected chi connectivity index (χ4v) is 5.35. The van der Waals surface area contributed by atoms with E-state index in [9.17, 15) is 0 Å². The number of nitrogens with one attached hydrogen (secondary N) is 1. The van der Waals surface area contributed by atoms with Gasteiger partial charge in [0.05, 0.1) is 31.5 Å². The number of hydrogen-bond donors (Lipinski definition) is 1. The lowest BCUT2D eigenvalue weighted by Crippen LogP contribution is -2.38. The molecular weight excluding hydrogens is 434 g/mol. The van der Waals surface area contributed by atoms with Gasteiger partial charge in [0, 0.05) is 0 Å². The van der Waals surface area contributed by atoms with Gasteiger partial charge in [0.15, 0.2) is 0 Å². The molecule has 5 rings (SSSR count). The van der Waals surface area contributed by atoms with Crippen molar-refractivity contribution in [1.29, 1.82) is 0 Å². The minimum Gasteiger partial charge on any atom is -0.489 e. The Bertz CT molecular complexity index is 1020. The van der Waals surface area contributed by atoms with Crippen LogP contribution in [0.1, 0.15) is 54.7 Å². The molecule has 2 atom stereocenters. The standard InChI is InChI=1S/C31H37NO3/c1-3-9-24(10-4-1)21-34-30-14-8-7-13-28(30)26-15-17-27(18-16-26)33-23-29-31(19-20-32-29)35-22-25-11-5-2-6-12-25/h1-14,26-27,29,31-32H,15-23H2/t26-,27+,29-,31+/m0/s1. The van der Waals surface area contributed by atoms with Crippen molar-refractivity contribution in [3.8, 4) is 5.75 Å². The lowest BCUT2D eigenvalue weighted by atomic mass is 9.82. The van der Waals surface area contributed by atoms with E-state index in [1.807, 2.05) is 12.1 Å². The third kappa shape index (κ3) is 6.72. The molecule has 1 saturated carbocycles. The Hall–Kier alpha value is -2.66. The van der Waals surface area contributed by atoms with Gasteiger partial charge in [0.2, 0.25) is 0 Å². The van der Waals surface area contributed by atoms with Gasteiger partial charge in [-0.1, -0.05) is 78.9 Å². The summed E-state index contributed by atoms with van der Waals surface area (Å²) in [6.45, 7) is 3.00. The highest BCUT2D eigenvalue weighted by Gasteiger charge is 2.30. The van der Waals surface area contributed by atoms with Crippen LogP contribution in [0.3, 0.4) is 0 Å². The second-order valence-electron chi connectivity index (χ2n) is 9.80. The molecule has 4 nitrogen and oxygen atoms in total. The molecule has 1 N–H and O–H groups in total. The molecule has 0 spiro atoms. The van der Waals surface area contributed by atoms with E-state index >= 15 is 0 Å². The van der Waals surface area contributed by atoms with Crippen LogP contribution in [0.4, 0.5) is 0 Å². The van der Waals surface area contributed by atoms with Crippen molar-refractivity contribution in [3.63, 3.8) is 0 Å². The molecule has 2 fully saturated rings. The first-order chi connectivity index (χ1) is 17.3. The zero-order valence-electron chi connectivity index (χ0n) is 20.5. The molecule has 35 heavy (non-hydrogen) atoms. The van der Waals surface area contributed by atoms with Crippen LogP contribution in [0.5, 0.6) is 5.75 Å². The van der Waals surface area contributed by atoms with Crippen LogP contribution in [0, 0.1) is 0 Å². The minimum atomic E-state index is 0.222. The number of para-hydroxylation sites is 1. The summed E-state index contributed by atoms with van der Waals surface area (Å²) in [7, 11) is 0. The molecule has 1 heterocycles. The summed E-state index contributed by atoms with van der Waals surface area (Å²) in [5.74, 6) is 1.56. The lowest BCUT2D eigenvalue weighted by molar-refractivity contribution is -0.0264. The Kier molecular flexibility index (Phi) is 8.48. The van der Waals surface area contributed by atoms with Gasteiger partial charge < -0.3 is 19.5 Å². The molecule has 1 aliphatic carbocycles. The van der Waals surface area contributed by atoms with Gasteiger partial charge in [0.25, 0.3) is 0 Å². The van der Waals surface area contributed by atoms with Crippen molar-refractivity contribution in [3.05, 3.63) is 102 Å². The van der Waals surface area contributed by atoms with Crippen LogP contribution in [-0.4, -0.2) is 31.4 Å². The van der Waals surface area contributed by atoms with Crippen LogP contribution in [-0.2, 0) is 22.7 Å². The fourth-order valence-electron chi connectivity index (χ4n) is 5.35. The molecule has 0 aromatic heterocycles. The second-order valence-corrected chi connectivity index (χ2v) is 9.80. The summed E-state index contributed by atoms with van der Waals surface area (Å²) < 4.78 is 18.9. The monoisotopic (exact) mass is 471 g/mol. The third-order valence-electron chi connectivity index (χ3n) is 7.37. The molecule has 0 radical (unpaired) electrons. The van der Waals surface area contributed by atoms with Crippen molar-refractivity contribution in [1.82, 2.24) is 5.32 Å². The van der Waals surface area contributed by atoms with Crippen molar-refractivity contribution < 1.29 is 14.2 Å². The van der Waals surface area contributed by atoms with E-state index in [0.29, 0.717) is 25.2 Å². The quantitative estimate of drug-likeness (QED) is 0.379. The summed E-state index contributed by atoms with van der Waals surface area (Å²) in [6, 6.07) is 29.6. The van der Waals surface area contributed by atoms with Crippen LogP contribution in [0.25, 0.3) is 0 Å². The van der Waals surface area contributed by atoms with E-state index in [2.05, 4.69) is 78.1 Å². The maximum atomic E-state index is 6.40. The van der Waals surface area contributed by atoms with Crippen LogP contribution in [0.2, 0.25) is 0 Å². The Morgan fingerprint density at radius 2 is 1.31 bits per heavy atom. The van der Waals surface area contributed by atoms with Gasteiger partial charge in [0.1, 0.15) is 12.4 Å². The van der Waals surface area contributed by atoms with Crippen molar-refractivity contribution in [2.24, 2.45) is 0 Å². The first kappa shape index (κ1) is 24.1. The van der Waals surface area contributed by atoms with Crippen molar-refractivity contribution in [2.75, 3.05) is 13.2 Å². The van der Waals surface area contributed by atoms with Crippen LogP contribution < -0.4 is 10.1 Å². The van der Waals surface area contributed by atoms with Gasteiger partial charge in [-0.05, 0) is 67.3 Å². The minimum absolute atomic E-state index is 0.222. The lowest BCUT2D eigenvalue weighted by Gasteiger charge is -2.31. The Labute approximate surface area is 209 Å². The van der Waals surface area contributed by atoms with E-state index in [0.717, 1.165) is 51.0 Å². The highest BCUT2D eigenvalue weighted by molar-refractivity contribution is 5.37. The van der Waals surface area contributed by atoms with Gasteiger partial charge in [-0.2, -0.15) is 0 Å². The smallest absolute Gasteiger partial charge is 0.123 e. The van der Waals surface area contributed by atoms with Crippen LogP contribution in [0.15, 0.2) is 84.9 Å². The maximum absolute atomic E-state index is 6.40. The number of hydrogen-bond acceptors (Lipinski definition) is 4. The van der Waals surface area contributed by atoms with E-state index < -0.39 is 0 Å². The zero-order chi connectivity index (χ0) is 23.7. The number of rotatable bonds is 10. The Balaban J connectivity index is 1.08. The summed E-state index contributed by atoms with van der Waals surface area (Å²) in [5.41, 5.74) is 3.77. The SMILES string of the molecule is c1ccc(COc2ccccc2[C@H]2CC[C@@H](OC[C@@H]3NCC[C@H]3OCc3ccccc3)CC2)cc1. The van der Waals surface area contributed by atoms with E-state index in [4.69, 9.17) is 14.2 Å². The summed E-state index contributed by atoms with van der Waals surface area (Å²) in [6.07, 6.45) is 6.08. The highest BCUT2D eigenvalue weighted by atomic mass is 16.5. The van der Waals surface area contributed by atoms with Crippen molar-refractivity contribution in [2.45, 2.75) is 69.5 Å². The first-order valence-electron chi connectivity index (χ1n) is 13.1. The molecule has 0 unspecified atom stereocenters. The topological polar surface area (TPSA) is 39.7 Å². The highest BCUT2D eigenvalue weighted by Crippen LogP contribution is 2.38. The first-order valence-corrected chi connectivity index (χ1v) is 13.1. The molecule has 184 valence electrons. The average molecular weight is 472 g/mol. The van der Waals surface area contributed by atoms with Gasteiger partial charge in [-0.3, -0.25) is 0 Å². The summed E-state index contributed by atoms with van der Waals surface area (Å²) >= 11 is 0. The molecular formula is C31H37NO3. The zero-order valence-corrected chi connectivity index (χ0v) is 20.5. The predicted molar refractivity (Wildman–Crippen MR) is 140 cm³/mol. The summed E-state index contributed by atoms with van der Waals surface area (Å²) in [4.78, 5) is 0. The summed E-state index contributed by atoms with van der Waals surface area (Å²) in [5, 5.41) is 3.59. The van der Waals surface area contributed by atoms with E-state index in [1.165, 1.54) is 16.7 Å². The average Bonchev–Trinajstić information content (AvgIpc) is 3.39. The van der Waals surface area contributed by atoms with Crippen LogP contribution >= 0.6 is 0 Å². The maximum Gasteiger partial charge on any atom is 0.123 e. The molecule has 3 aromatic carbocycles. The number of ether oxygens (including phenoxy) is 3. The van der Waals surface area contributed by atoms with E-state index in [-0.39, 0.29) is 12.1 Å². The molecule has 0 bridgehead atoms. The Morgan fingerprint density at radius 3 is 2.06 bits per heavy atom. The Morgan fingerprint density at radius 1 is 0.657 bits per heavy atom. The third-order valence-corrected chi connectivity index (χ3v) is 7.37. The molecule has 3 aromatic rings. The van der Waals surface area contributed by atoms with Gasteiger partial charge in [-0.25, -0.2) is 0 Å². The molecule has 1 aliphatic heterocycles.